The second-order valence-corrected chi connectivity index (χ2v) is 7.60. The van der Waals surface area contributed by atoms with E-state index >= 15 is 0 Å². The van der Waals surface area contributed by atoms with Crippen LogP contribution in [0.2, 0.25) is 0 Å². The molecule has 0 saturated heterocycles. The van der Waals surface area contributed by atoms with Crippen LogP contribution in [0.1, 0.15) is 5.56 Å². The van der Waals surface area contributed by atoms with Crippen LogP contribution < -0.4 is 56.3 Å². The van der Waals surface area contributed by atoms with Crippen LogP contribution in [0.4, 0.5) is 0 Å². The van der Waals surface area contributed by atoms with Gasteiger partial charge in [-0.1, -0.05) is 30.3 Å². The number of ether oxygens (including phenoxy) is 1. The van der Waals surface area contributed by atoms with Crippen molar-refractivity contribution in [2.24, 2.45) is 0 Å². The molecule has 0 amide bonds. The molecule has 0 aliphatic rings. The predicted octanol–water partition coefficient (Wildman–Crippen LogP) is -2.74. The Morgan fingerprint density at radius 1 is 1.16 bits per heavy atom. The first kappa shape index (κ1) is 20.1. The van der Waals surface area contributed by atoms with E-state index in [9.17, 15) is 14.0 Å². The molecule has 0 bridgehead atoms. The van der Waals surface area contributed by atoms with Crippen LogP contribution in [0, 0.1) is 0 Å². The molecule has 2 atom stereocenters. The standard InChI is InChI=1S/C9H14O7P2.K/c10-17(11,12)9(18(13,14)15)7-16-6-8-4-2-1-3-5-8;/h1-5,9H,6-7H2,(H2,10,11,12)(H2,13,14,15);/q;+1/p-1. The van der Waals surface area contributed by atoms with Gasteiger partial charge < -0.3 is 28.9 Å². The fraction of sp³-hybridized carbons (Fsp3) is 0.333. The average molecular weight is 334 g/mol. The van der Waals surface area contributed by atoms with E-state index in [0.29, 0.717) is 0 Å². The molecule has 0 heterocycles. The maximum atomic E-state index is 10.9. The van der Waals surface area contributed by atoms with Crippen LogP contribution in [0.5, 0.6) is 0 Å². The van der Waals surface area contributed by atoms with Crippen LogP contribution >= 0.6 is 15.2 Å². The van der Waals surface area contributed by atoms with Crippen LogP contribution in [0.15, 0.2) is 30.3 Å². The zero-order chi connectivity index (χ0) is 13.8. The second kappa shape index (κ2) is 8.53. The normalized spacial score (nSPS) is 16.2. The van der Waals surface area contributed by atoms with Gasteiger partial charge in [-0.15, -0.1) is 0 Å². The largest absolute Gasteiger partial charge is 1.00 e. The fourth-order valence-corrected chi connectivity index (χ4v) is 3.35. The van der Waals surface area contributed by atoms with Crippen molar-refractivity contribution in [2.45, 2.75) is 12.0 Å². The Morgan fingerprint density at radius 2 is 1.68 bits per heavy atom. The Morgan fingerprint density at radius 3 is 2.11 bits per heavy atom. The molecule has 0 spiro atoms. The minimum Gasteiger partial charge on any atom is -0.778 e. The maximum absolute atomic E-state index is 10.9. The molecule has 0 saturated carbocycles. The Kier molecular flexibility index (Phi) is 9.03. The van der Waals surface area contributed by atoms with Crippen LogP contribution in [-0.4, -0.2) is 26.7 Å². The summed E-state index contributed by atoms with van der Waals surface area (Å²) < 4.78 is 26.6. The van der Waals surface area contributed by atoms with E-state index in [4.69, 9.17) is 19.4 Å². The van der Waals surface area contributed by atoms with Gasteiger partial charge in [-0.3, -0.25) is 4.57 Å². The van der Waals surface area contributed by atoms with Crippen molar-refractivity contribution in [3.63, 3.8) is 0 Å². The summed E-state index contributed by atoms with van der Waals surface area (Å²) in [7, 11) is -10.1. The minimum absolute atomic E-state index is 0. The summed E-state index contributed by atoms with van der Waals surface area (Å²) >= 11 is 0. The third kappa shape index (κ3) is 7.62. The molecule has 10 heteroatoms. The van der Waals surface area contributed by atoms with Crippen molar-refractivity contribution < 1.29 is 84.8 Å². The third-order valence-electron chi connectivity index (χ3n) is 2.14. The van der Waals surface area contributed by atoms with E-state index in [2.05, 4.69) is 0 Å². The number of rotatable bonds is 6. The summed E-state index contributed by atoms with van der Waals surface area (Å²) in [6.45, 7) is -0.770. The maximum Gasteiger partial charge on any atom is 1.00 e. The van der Waals surface area contributed by atoms with E-state index in [1.807, 2.05) is 0 Å². The Bertz CT molecular complexity index is 447. The molecule has 0 aromatic heterocycles. The first-order valence-electron chi connectivity index (χ1n) is 4.91. The first-order chi connectivity index (χ1) is 8.21. The Labute approximate surface area is 153 Å². The zero-order valence-electron chi connectivity index (χ0n) is 10.2. The van der Waals surface area contributed by atoms with Crippen molar-refractivity contribution >= 4 is 15.2 Å². The molecular formula is C9H13KO7P2. The van der Waals surface area contributed by atoms with E-state index in [1.165, 1.54) is 0 Å². The molecular weight excluding hydrogens is 321 g/mol. The molecule has 102 valence electrons. The van der Waals surface area contributed by atoms with Crippen LogP contribution in [0.25, 0.3) is 0 Å². The topological polar surface area (TPSA) is 127 Å². The van der Waals surface area contributed by atoms with E-state index in [0.717, 1.165) is 5.56 Å². The number of benzene rings is 1. The summed E-state index contributed by atoms with van der Waals surface area (Å²) in [6, 6.07) is 8.68. The zero-order valence-corrected chi connectivity index (χ0v) is 15.2. The molecule has 0 radical (unpaired) electrons. The van der Waals surface area contributed by atoms with Crippen molar-refractivity contribution in [3.8, 4) is 0 Å². The molecule has 1 rings (SSSR count). The van der Waals surface area contributed by atoms with Gasteiger partial charge in [0.25, 0.3) is 0 Å². The molecule has 19 heavy (non-hydrogen) atoms. The Balaban J connectivity index is 0.00000324. The summed E-state index contributed by atoms with van der Waals surface area (Å²) in [5.74, 6) is 0. The Hall–Kier alpha value is 1.12. The van der Waals surface area contributed by atoms with Gasteiger partial charge in [-0.2, -0.15) is 0 Å². The predicted molar refractivity (Wildman–Crippen MR) is 61.8 cm³/mol. The number of hydrogen-bond donors (Lipinski definition) is 3. The van der Waals surface area contributed by atoms with Gasteiger partial charge in [0.05, 0.1) is 13.2 Å². The molecule has 0 aliphatic carbocycles. The van der Waals surface area contributed by atoms with Crippen molar-refractivity contribution in [1.29, 1.82) is 0 Å². The van der Waals surface area contributed by atoms with E-state index in [1.54, 1.807) is 30.3 Å². The van der Waals surface area contributed by atoms with E-state index in [-0.39, 0.29) is 58.0 Å². The third-order valence-corrected chi connectivity index (χ3v) is 5.75. The van der Waals surface area contributed by atoms with Crippen LogP contribution in [-0.2, 0) is 20.5 Å². The van der Waals surface area contributed by atoms with Crippen molar-refractivity contribution in [2.75, 3.05) is 6.61 Å². The molecule has 3 N–H and O–H groups in total. The number of hydrogen-bond acceptors (Lipinski definition) is 4. The fourth-order valence-electron chi connectivity index (χ4n) is 1.24. The molecule has 0 fully saturated rings. The van der Waals surface area contributed by atoms with E-state index < -0.39 is 27.2 Å². The summed E-state index contributed by atoms with van der Waals surface area (Å²) in [6.07, 6.45) is 0. The van der Waals surface area contributed by atoms with Gasteiger partial charge in [-0.05, 0) is 5.56 Å². The van der Waals surface area contributed by atoms with Crippen LogP contribution in [0.3, 0.4) is 0 Å². The first-order valence-corrected chi connectivity index (χ1v) is 8.24. The minimum atomic E-state index is -5.16. The molecule has 0 aliphatic heterocycles. The van der Waals surface area contributed by atoms with Gasteiger partial charge in [-0.25, -0.2) is 0 Å². The van der Waals surface area contributed by atoms with Gasteiger partial charge in [0.15, 0.2) is 0 Å². The summed E-state index contributed by atoms with van der Waals surface area (Å²) in [5.41, 5.74) is 0.723. The molecule has 7 nitrogen and oxygen atoms in total. The van der Waals surface area contributed by atoms with Gasteiger partial charge >= 0.3 is 59.0 Å². The van der Waals surface area contributed by atoms with Gasteiger partial charge in [0.2, 0.25) is 0 Å². The SMILES string of the molecule is O=P([O-])(O)C(COCc1ccccc1)P(=O)(O)O.[K+]. The molecule has 1 aromatic rings. The summed E-state index contributed by atoms with van der Waals surface area (Å²) in [4.78, 5) is 37.2. The van der Waals surface area contributed by atoms with Crippen molar-refractivity contribution in [3.05, 3.63) is 35.9 Å². The molecule has 1 aromatic carbocycles. The monoisotopic (exact) mass is 334 g/mol. The smallest absolute Gasteiger partial charge is 0.778 e. The van der Waals surface area contributed by atoms with Gasteiger partial charge in [0, 0.05) is 0 Å². The molecule has 2 unspecified atom stereocenters. The van der Waals surface area contributed by atoms with Crippen molar-refractivity contribution in [1.82, 2.24) is 0 Å². The summed E-state index contributed by atoms with van der Waals surface area (Å²) in [5, 5.41) is -2.23. The average Bonchev–Trinajstić information content (AvgIpc) is 2.22. The van der Waals surface area contributed by atoms with Gasteiger partial charge in [0.1, 0.15) is 13.0 Å². The quantitative estimate of drug-likeness (QED) is 0.380. The second-order valence-electron chi connectivity index (χ2n) is 3.63.